The molecule has 212 valence electrons. The average Bonchev–Trinajstić information content (AvgIpc) is 2.96. The van der Waals surface area contributed by atoms with E-state index in [1.807, 2.05) is 0 Å². The van der Waals surface area contributed by atoms with Crippen molar-refractivity contribution in [1.29, 1.82) is 0 Å². The van der Waals surface area contributed by atoms with Gasteiger partial charge in [-0.05, 0) is 22.3 Å². The Kier molecular flexibility index (Phi) is 9.10. The van der Waals surface area contributed by atoms with E-state index < -0.39 is 10.1 Å². The second-order valence-electron chi connectivity index (χ2n) is 10.9. The molecule has 7 heteroatoms. The first kappa shape index (κ1) is 28.9. The summed E-state index contributed by atoms with van der Waals surface area (Å²) in [7, 11) is -3.67. The van der Waals surface area contributed by atoms with Crippen molar-refractivity contribution in [2.75, 3.05) is 32.4 Å². The molecule has 4 aromatic carbocycles. The highest BCUT2D eigenvalue weighted by Crippen LogP contribution is 2.39. The smallest absolute Gasteiger partial charge is 0.261 e. The molecule has 0 atom stereocenters. The second kappa shape index (κ2) is 12.9. The largest absolute Gasteiger partial charge is 0.299 e. The zero-order valence-electron chi connectivity index (χ0n) is 23.2. The summed E-state index contributed by atoms with van der Waals surface area (Å²) in [6.07, 6.45) is 0.715. The van der Waals surface area contributed by atoms with Gasteiger partial charge in [-0.15, -0.1) is 0 Å². The van der Waals surface area contributed by atoms with Crippen molar-refractivity contribution in [3.63, 3.8) is 0 Å². The molecule has 0 spiro atoms. The Morgan fingerprint density at radius 2 is 0.780 bits per heavy atom. The fourth-order valence-electron chi connectivity index (χ4n) is 6.28. The number of Topliss-reactive ketones (excluding diaryl/α,β-unsaturated/α-hetero) is 1. The van der Waals surface area contributed by atoms with E-state index in [9.17, 15) is 13.2 Å². The molecule has 0 amide bonds. The normalized spacial score (nSPS) is 19.6. The van der Waals surface area contributed by atoms with Gasteiger partial charge in [-0.25, -0.2) is 0 Å². The SMILES string of the molecule is CS(=O)(=O)O.O=C1C2CN(C(c3ccccc3)c3ccccc3)CC1CN(C(c1ccccc1)c1ccccc1)C2. The molecular weight excluding hydrogens is 532 g/mol. The van der Waals surface area contributed by atoms with E-state index in [2.05, 4.69) is 131 Å². The fraction of sp³-hybridized carbons (Fsp3) is 0.265. The Labute approximate surface area is 243 Å². The lowest BCUT2D eigenvalue weighted by molar-refractivity contribution is -0.139. The molecule has 0 aliphatic carbocycles. The molecule has 0 radical (unpaired) electrons. The van der Waals surface area contributed by atoms with Gasteiger partial charge in [-0.3, -0.25) is 19.1 Å². The van der Waals surface area contributed by atoms with Crippen molar-refractivity contribution in [2.45, 2.75) is 12.1 Å². The molecule has 2 fully saturated rings. The third-order valence-corrected chi connectivity index (χ3v) is 7.82. The van der Waals surface area contributed by atoms with Crippen LogP contribution in [0.4, 0.5) is 0 Å². The van der Waals surface area contributed by atoms with Crippen molar-refractivity contribution in [3.05, 3.63) is 144 Å². The van der Waals surface area contributed by atoms with Gasteiger partial charge >= 0.3 is 0 Å². The quantitative estimate of drug-likeness (QED) is 0.310. The molecule has 2 aliphatic heterocycles. The fourth-order valence-corrected chi connectivity index (χ4v) is 6.28. The molecule has 6 nitrogen and oxygen atoms in total. The maximum atomic E-state index is 13.4. The lowest BCUT2D eigenvalue weighted by atomic mass is 9.80. The first-order valence-electron chi connectivity index (χ1n) is 13.9. The number of likely N-dealkylation sites (tertiary alicyclic amines) is 2. The second-order valence-corrected chi connectivity index (χ2v) is 12.4. The van der Waals surface area contributed by atoms with Gasteiger partial charge in [-0.1, -0.05) is 121 Å². The number of piperidine rings is 2. The molecule has 2 heterocycles. The van der Waals surface area contributed by atoms with Crippen molar-refractivity contribution in [2.24, 2.45) is 11.8 Å². The summed E-state index contributed by atoms with van der Waals surface area (Å²) < 4.78 is 25.9. The Bertz CT molecular complexity index is 1320. The number of hydrogen-bond donors (Lipinski definition) is 1. The predicted molar refractivity (Wildman–Crippen MR) is 162 cm³/mol. The summed E-state index contributed by atoms with van der Waals surface area (Å²) >= 11 is 0. The van der Waals surface area contributed by atoms with Crippen molar-refractivity contribution >= 4 is 15.9 Å². The molecule has 0 aromatic heterocycles. The number of carbonyl (C=O) groups is 1. The molecule has 1 N–H and O–H groups in total. The van der Waals surface area contributed by atoms with Crippen LogP contribution in [0.2, 0.25) is 0 Å². The first-order valence-corrected chi connectivity index (χ1v) is 15.8. The maximum absolute atomic E-state index is 13.4. The molecule has 0 saturated carbocycles. The lowest BCUT2D eigenvalue weighted by Crippen LogP contribution is -2.59. The van der Waals surface area contributed by atoms with Crippen LogP contribution >= 0.6 is 0 Å². The first-order chi connectivity index (χ1) is 19.8. The van der Waals surface area contributed by atoms with Crippen LogP contribution in [-0.4, -0.2) is 61.0 Å². The van der Waals surface area contributed by atoms with E-state index in [4.69, 9.17) is 4.55 Å². The van der Waals surface area contributed by atoms with Gasteiger partial charge in [-0.2, -0.15) is 8.42 Å². The van der Waals surface area contributed by atoms with Crippen LogP contribution in [-0.2, 0) is 14.9 Å². The van der Waals surface area contributed by atoms with Gasteiger partial charge in [0.15, 0.2) is 0 Å². The number of nitrogens with zero attached hydrogens (tertiary/aromatic N) is 2. The summed E-state index contributed by atoms with van der Waals surface area (Å²) in [5, 5.41) is 0. The number of fused-ring (bicyclic) bond motifs is 2. The summed E-state index contributed by atoms with van der Waals surface area (Å²) in [5.74, 6) is 0.479. The number of rotatable bonds is 6. The van der Waals surface area contributed by atoms with Gasteiger partial charge in [0.1, 0.15) is 5.78 Å². The minimum absolute atomic E-state index is 0.0161. The van der Waals surface area contributed by atoms with Gasteiger partial charge in [0, 0.05) is 38.0 Å². The average molecular weight is 569 g/mol. The topological polar surface area (TPSA) is 77.9 Å². The van der Waals surface area contributed by atoms with Crippen LogP contribution in [0.3, 0.4) is 0 Å². The Balaban J connectivity index is 0.000000623. The summed E-state index contributed by atoms with van der Waals surface area (Å²) in [4.78, 5) is 18.5. The molecule has 41 heavy (non-hydrogen) atoms. The maximum Gasteiger partial charge on any atom is 0.261 e. The van der Waals surface area contributed by atoms with E-state index in [1.54, 1.807) is 0 Å². The molecule has 2 saturated heterocycles. The van der Waals surface area contributed by atoms with E-state index in [0.717, 1.165) is 26.2 Å². The lowest BCUT2D eigenvalue weighted by Gasteiger charge is -2.49. The van der Waals surface area contributed by atoms with Gasteiger partial charge in [0.25, 0.3) is 10.1 Å². The zero-order chi connectivity index (χ0) is 28.8. The molecule has 2 aliphatic rings. The summed E-state index contributed by atoms with van der Waals surface area (Å²) in [6.45, 7) is 3.15. The Hall–Kier alpha value is -3.62. The van der Waals surface area contributed by atoms with E-state index in [1.165, 1.54) is 22.3 Å². The van der Waals surface area contributed by atoms with E-state index in [0.29, 0.717) is 12.0 Å². The molecule has 0 unspecified atom stereocenters. The number of benzene rings is 4. The van der Waals surface area contributed by atoms with Crippen LogP contribution in [0.5, 0.6) is 0 Å². The minimum atomic E-state index is -3.67. The van der Waals surface area contributed by atoms with Crippen molar-refractivity contribution in [3.8, 4) is 0 Å². The minimum Gasteiger partial charge on any atom is -0.299 e. The number of hydrogen-bond acceptors (Lipinski definition) is 5. The summed E-state index contributed by atoms with van der Waals surface area (Å²) in [6, 6.07) is 43.3. The monoisotopic (exact) mass is 568 g/mol. The molecule has 6 rings (SSSR count). The predicted octanol–water partition coefficient (Wildman–Crippen LogP) is 5.50. The van der Waals surface area contributed by atoms with Crippen LogP contribution in [0.25, 0.3) is 0 Å². The highest BCUT2D eigenvalue weighted by Gasteiger charge is 2.45. The zero-order valence-corrected chi connectivity index (χ0v) is 24.0. The van der Waals surface area contributed by atoms with Crippen molar-refractivity contribution < 1.29 is 17.8 Å². The van der Waals surface area contributed by atoms with Crippen LogP contribution < -0.4 is 0 Å². The van der Waals surface area contributed by atoms with Gasteiger partial charge < -0.3 is 0 Å². The van der Waals surface area contributed by atoms with E-state index in [-0.39, 0.29) is 23.9 Å². The highest BCUT2D eigenvalue weighted by molar-refractivity contribution is 7.85. The standard InChI is InChI=1S/C33H32N2O.CH4O3S/c36-33-29-21-34(31(25-13-5-1-6-14-25)26-15-7-2-8-16-26)22-30(33)24-35(23-29)32(27-17-9-3-10-18-27)28-19-11-4-12-20-28;1-5(2,3)4/h1-20,29-32H,21-24H2;1H3,(H,2,3,4). The van der Waals surface area contributed by atoms with Gasteiger partial charge in [0.2, 0.25) is 0 Å². The van der Waals surface area contributed by atoms with Crippen molar-refractivity contribution in [1.82, 2.24) is 9.80 Å². The van der Waals surface area contributed by atoms with Crippen LogP contribution in [0.1, 0.15) is 34.3 Å². The molecular formula is C34H36N2O4S. The Morgan fingerprint density at radius 3 is 1.00 bits per heavy atom. The highest BCUT2D eigenvalue weighted by atomic mass is 32.2. The van der Waals surface area contributed by atoms with Crippen LogP contribution in [0.15, 0.2) is 121 Å². The Morgan fingerprint density at radius 1 is 0.561 bits per heavy atom. The number of ketones is 1. The molecule has 2 bridgehead atoms. The van der Waals surface area contributed by atoms with Gasteiger partial charge in [0.05, 0.1) is 18.3 Å². The third kappa shape index (κ3) is 7.37. The number of carbonyl (C=O) groups excluding carboxylic acids is 1. The summed E-state index contributed by atoms with van der Waals surface area (Å²) in [5.41, 5.74) is 5.16. The third-order valence-electron chi connectivity index (χ3n) is 7.82. The molecule has 4 aromatic rings. The van der Waals surface area contributed by atoms with E-state index >= 15 is 0 Å². The van der Waals surface area contributed by atoms with Crippen LogP contribution in [0, 0.1) is 11.8 Å².